The number of hydrogen-bond donors (Lipinski definition) is 1. The average Bonchev–Trinajstić information content (AvgIpc) is 2.92. The first-order valence-electron chi connectivity index (χ1n) is 8.72. The van der Waals surface area contributed by atoms with Crippen LogP contribution in [-0.4, -0.2) is 48.1 Å². The molecule has 26 heavy (non-hydrogen) atoms. The number of carbonyl (C=O) groups excluding carboxylic acids is 1. The van der Waals surface area contributed by atoms with Crippen LogP contribution in [0.25, 0.3) is 0 Å². The molecular weight excluding hydrogens is 347 g/mol. The number of carbonyl (C=O) groups is 1. The van der Waals surface area contributed by atoms with Gasteiger partial charge in [0.05, 0.1) is 5.41 Å². The minimum Gasteiger partial charge on any atom is -0.476 e. The maximum Gasteiger partial charge on any atom is 0.421 e. The Morgan fingerprint density at radius 2 is 2.12 bits per heavy atom. The first-order valence-corrected chi connectivity index (χ1v) is 8.72. The molecule has 5 nitrogen and oxygen atoms in total. The second-order valence-corrected chi connectivity index (χ2v) is 7.35. The number of halogens is 3. The number of nitrogens with zero attached hydrogens (tertiary/aromatic N) is 2. The van der Waals surface area contributed by atoms with E-state index in [0.29, 0.717) is 0 Å². The second-order valence-electron chi connectivity index (χ2n) is 7.35. The number of ether oxygens (including phenoxy) is 1. The average molecular weight is 373 g/mol. The van der Waals surface area contributed by atoms with Crippen molar-refractivity contribution in [3.8, 4) is 5.88 Å². The van der Waals surface area contributed by atoms with E-state index in [1.54, 1.807) is 13.8 Å². The Balaban J connectivity index is 2.02. The highest BCUT2D eigenvalue weighted by atomic mass is 19.4. The number of rotatable bonds is 6. The number of aromatic nitrogens is 1. The molecule has 1 N–H and O–H groups in total. The van der Waals surface area contributed by atoms with Gasteiger partial charge in [0.2, 0.25) is 11.8 Å². The molecule has 0 radical (unpaired) electrons. The standard InChI is InChI=1S/C18H26F3N3O2/c1-5-14-13(8-10-24(14)4)23-16(25)17(2,3)11-26-15-12(18(19,20)21)7-6-9-22-15/h6-7,9,13-14H,5,8,10-11H2,1-4H3,(H,23,25). The van der Waals surface area contributed by atoms with Gasteiger partial charge in [0, 0.05) is 24.8 Å². The Morgan fingerprint density at radius 3 is 2.73 bits per heavy atom. The topological polar surface area (TPSA) is 54.5 Å². The maximum atomic E-state index is 13.0. The van der Waals surface area contributed by atoms with Gasteiger partial charge in [0.25, 0.3) is 0 Å². The van der Waals surface area contributed by atoms with Gasteiger partial charge < -0.3 is 15.0 Å². The summed E-state index contributed by atoms with van der Waals surface area (Å²) < 4.78 is 44.3. The zero-order chi connectivity index (χ0) is 19.5. The lowest BCUT2D eigenvalue weighted by Gasteiger charge is -2.29. The number of amides is 1. The number of likely N-dealkylation sites (N-methyl/N-ethyl adjacent to an activating group) is 1. The number of nitrogens with one attached hydrogen (secondary N) is 1. The summed E-state index contributed by atoms with van der Waals surface area (Å²) in [5.41, 5.74) is -1.93. The molecule has 2 atom stereocenters. The molecule has 2 unspecified atom stereocenters. The van der Waals surface area contributed by atoms with Crippen molar-refractivity contribution < 1.29 is 22.7 Å². The van der Waals surface area contributed by atoms with Crippen LogP contribution >= 0.6 is 0 Å². The van der Waals surface area contributed by atoms with Crippen LogP contribution in [0, 0.1) is 5.41 Å². The van der Waals surface area contributed by atoms with E-state index in [1.807, 2.05) is 7.05 Å². The molecule has 2 heterocycles. The molecule has 1 aromatic heterocycles. The molecule has 0 saturated carbocycles. The lowest BCUT2D eigenvalue weighted by Crippen LogP contribution is -2.49. The van der Waals surface area contributed by atoms with Crippen molar-refractivity contribution in [1.29, 1.82) is 0 Å². The molecule has 146 valence electrons. The van der Waals surface area contributed by atoms with Crippen molar-refractivity contribution >= 4 is 5.91 Å². The van der Waals surface area contributed by atoms with Crippen molar-refractivity contribution in [3.05, 3.63) is 23.9 Å². The molecule has 1 aliphatic heterocycles. The summed E-state index contributed by atoms with van der Waals surface area (Å²) >= 11 is 0. The van der Waals surface area contributed by atoms with E-state index >= 15 is 0 Å². The van der Waals surface area contributed by atoms with Gasteiger partial charge in [-0.05, 0) is 45.9 Å². The Morgan fingerprint density at radius 1 is 1.42 bits per heavy atom. The zero-order valence-corrected chi connectivity index (χ0v) is 15.6. The number of alkyl halides is 3. The maximum absolute atomic E-state index is 13.0. The molecule has 8 heteroatoms. The van der Waals surface area contributed by atoms with Crippen LogP contribution in [0.15, 0.2) is 18.3 Å². The van der Waals surface area contributed by atoms with E-state index in [9.17, 15) is 18.0 Å². The fraction of sp³-hybridized carbons (Fsp3) is 0.667. The van der Waals surface area contributed by atoms with Gasteiger partial charge >= 0.3 is 6.18 Å². The molecule has 1 amide bonds. The van der Waals surface area contributed by atoms with Crippen molar-refractivity contribution in [2.45, 2.75) is 51.9 Å². The fourth-order valence-corrected chi connectivity index (χ4v) is 3.17. The van der Waals surface area contributed by atoms with E-state index < -0.39 is 23.0 Å². The van der Waals surface area contributed by atoms with Gasteiger partial charge in [0.15, 0.2) is 0 Å². The van der Waals surface area contributed by atoms with Gasteiger partial charge in [-0.25, -0.2) is 4.98 Å². The molecule has 1 aromatic rings. The fourth-order valence-electron chi connectivity index (χ4n) is 3.17. The molecule has 0 aliphatic carbocycles. The summed E-state index contributed by atoms with van der Waals surface area (Å²) in [4.78, 5) is 18.5. The van der Waals surface area contributed by atoms with Gasteiger partial charge in [-0.2, -0.15) is 13.2 Å². The van der Waals surface area contributed by atoms with E-state index in [4.69, 9.17) is 4.74 Å². The minimum absolute atomic E-state index is 0.0392. The van der Waals surface area contributed by atoms with Crippen LogP contribution in [0.1, 0.15) is 39.2 Å². The third kappa shape index (κ3) is 4.66. The van der Waals surface area contributed by atoms with E-state index in [1.165, 1.54) is 12.3 Å². The largest absolute Gasteiger partial charge is 0.476 e. The lowest BCUT2D eigenvalue weighted by atomic mass is 9.92. The minimum atomic E-state index is -4.56. The SMILES string of the molecule is CCC1C(NC(=O)C(C)(C)COc2ncccc2C(F)(F)F)CCN1C. The van der Waals surface area contributed by atoms with Crippen LogP contribution in [-0.2, 0) is 11.0 Å². The Bertz CT molecular complexity index is 634. The Labute approximate surface area is 151 Å². The number of hydrogen-bond acceptors (Lipinski definition) is 4. The Kier molecular flexibility index (Phi) is 6.16. The third-order valence-corrected chi connectivity index (χ3v) is 4.82. The molecule has 2 rings (SSSR count). The number of likely N-dealkylation sites (tertiary alicyclic amines) is 1. The number of pyridine rings is 1. The molecule has 0 aromatic carbocycles. The van der Waals surface area contributed by atoms with Crippen LogP contribution in [0.5, 0.6) is 5.88 Å². The van der Waals surface area contributed by atoms with E-state index in [-0.39, 0.29) is 24.6 Å². The lowest BCUT2D eigenvalue weighted by molar-refractivity contribution is -0.139. The molecule has 1 saturated heterocycles. The highest BCUT2D eigenvalue weighted by Gasteiger charge is 2.38. The van der Waals surface area contributed by atoms with Gasteiger partial charge in [-0.3, -0.25) is 4.79 Å². The van der Waals surface area contributed by atoms with Crippen molar-refractivity contribution in [3.63, 3.8) is 0 Å². The molecule has 0 bridgehead atoms. The summed E-state index contributed by atoms with van der Waals surface area (Å²) in [7, 11) is 2.02. The zero-order valence-electron chi connectivity index (χ0n) is 15.6. The van der Waals surface area contributed by atoms with Crippen molar-refractivity contribution in [2.75, 3.05) is 20.2 Å². The quantitative estimate of drug-likeness (QED) is 0.833. The molecule has 0 spiro atoms. The predicted octanol–water partition coefficient (Wildman–Crippen LogP) is 3.10. The summed E-state index contributed by atoms with van der Waals surface area (Å²) in [6.45, 7) is 6.08. The van der Waals surface area contributed by atoms with Gasteiger partial charge in [-0.15, -0.1) is 0 Å². The van der Waals surface area contributed by atoms with Crippen molar-refractivity contribution in [1.82, 2.24) is 15.2 Å². The summed E-state index contributed by atoms with van der Waals surface area (Å²) in [5, 5.41) is 3.03. The third-order valence-electron chi connectivity index (χ3n) is 4.82. The first-order chi connectivity index (χ1) is 12.1. The van der Waals surface area contributed by atoms with E-state index in [2.05, 4.69) is 22.1 Å². The van der Waals surface area contributed by atoms with Crippen LogP contribution in [0.2, 0.25) is 0 Å². The predicted molar refractivity (Wildman–Crippen MR) is 91.8 cm³/mol. The smallest absolute Gasteiger partial charge is 0.421 e. The summed E-state index contributed by atoms with van der Waals surface area (Å²) in [5.74, 6) is -0.742. The molecular formula is C18H26F3N3O2. The molecule has 1 fully saturated rings. The Hall–Kier alpha value is -1.83. The van der Waals surface area contributed by atoms with Gasteiger partial charge in [0.1, 0.15) is 12.2 Å². The van der Waals surface area contributed by atoms with Crippen molar-refractivity contribution in [2.24, 2.45) is 5.41 Å². The van der Waals surface area contributed by atoms with Crippen LogP contribution < -0.4 is 10.1 Å². The highest BCUT2D eigenvalue weighted by molar-refractivity contribution is 5.82. The highest BCUT2D eigenvalue weighted by Crippen LogP contribution is 2.35. The monoisotopic (exact) mass is 373 g/mol. The second kappa shape index (κ2) is 7.82. The van der Waals surface area contributed by atoms with Crippen LogP contribution in [0.4, 0.5) is 13.2 Å². The van der Waals surface area contributed by atoms with E-state index in [0.717, 1.165) is 25.5 Å². The first kappa shape index (κ1) is 20.5. The summed E-state index contributed by atoms with van der Waals surface area (Å²) in [6, 6.07) is 2.42. The normalized spacial score (nSPS) is 21.7. The molecule has 1 aliphatic rings. The summed E-state index contributed by atoms with van der Waals surface area (Å²) in [6.07, 6.45) is -1.55. The van der Waals surface area contributed by atoms with Gasteiger partial charge in [-0.1, -0.05) is 6.92 Å². The van der Waals surface area contributed by atoms with Crippen LogP contribution in [0.3, 0.4) is 0 Å².